The number of thiophene rings is 1. The first kappa shape index (κ1) is 27.2. The minimum absolute atomic E-state index is 0.165. The quantitative estimate of drug-likeness (QED) is 0.176. The maximum absolute atomic E-state index is 8.73. The normalized spacial score (nSPS) is 13.1. The number of benzene rings is 8. The molecule has 4 aromatic heterocycles. The summed E-state index contributed by atoms with van der Waals surface area (Å²) in [5.74, 6) is 1.54. The van der Waals surface area contributed by atoms with Gasteiger partial charge in [0.1, 0.15) is 11.2 Å². The van der Waals surface area contributed by atoms with Gasteiger partial charge in [-0.25, -0.2) is 15.0 Å². The molecule has 0 radical (unpaired) electrons. The van der Waals surface area contributed by atoms with Gasteiger partial charge >= 0.3 is 0 Å². The van der Waals surface area contributed by atoms with Crippen LogP contribution in [0.2, 0.25) is 0 Å². The van der Waals surface area contributed by atoms with Crippen LogP contribution in [0.3, 0.4) is 0 Å². The van der Waals surface area contributed by atoms with E-state index in [-0.39, 0.29) is 29.7 Å². The number of hydrogen-bond acceptors (Lipinski definition) is 5. The predicted molar refractivity (Wildman–Crippen MR) is 236 cm³/mol. The lowest BCUT2D eigenvalue weighted by Gasteiger charge is -2.13. The lowest BCUT2D eigenvalue weighted by Crippen LogP contribution is -2.01. The van der Waals surface area contributed by atoms with E-state index in [4.69, 9.17) is 26.2 Å². The van der Waals surface area contributed by atoms with Gasteiger partial charge < -0.3 is 8.98 Å². The van der Waals surface area contributed by atoms with Crippen LogP contribution in [0.15, 0.2) is 186 Å². The molecule has 0 aliphatic carbocycles. The summed E-state index contributed by atoms with van der Waals surface area (Å²) in [5.41, 5.74) is 7.81. The van der Waals surface area contributed by atoms with Gasteiger partial charge in [0.25, 0.3) is 0 Å². The summed E-state index contributed by atoms with van der Waals surface area (Å²) in [4.78, 5) is 15.6. The molecule has 5 nitrogen and oxygen atoms in total. The number of para-hydroxylation sites is 3. The molecule has 0 fully saturated rings. The smallest absolute Gasteiger partial charge is 0.165 e. The lowest BCUT2D eigenvalue weighted by molar-refractivity contribution is 0.669. The Morgan fingerprint density at radius 2 is 1.11 bits per heavy atom. The van der Waals surface area contributed by atoms with E-state index in [0.29, 0.717) is 23.0 Å². The average molecular weight is 752 g/mol. The fraction of sp³-hybridized carbons (Fsp3) is 0. The molecule has 0 bridgehead atoms. The summed E-state index contributed by atoms with van der Waals surface area (Å²) in [5, 5.41) is 6.19. The van der Waals surface area contributed by atoms with E-state index in [1.807, 2.05) is 78.9 Å². The molecule has 0 aliphatic rings. The Labute approximate surface area is 337 Å². The summed E-state index contributed by atoms with van der Waals surface area (Å²) >= 11 is 1.56. The van der Waals surface area contributed by atoms with Gasteiger partial charge in [-0.3, -0.25) is 0 Å². The first-order valence-electron chi connectivity index (χ1n) is 21.1. The Bertz CT molecular complexity index is 3760. The van der Waals surface area contributed by atoms with Gasteiger partial charge in [0, 0.05) is 64.1 Å². The van der Waals surface area contributed by atoms with Crippen molar-refractivity contribution in [3.8, 4) is 51.0 Å². The SMILES string of the molecule is [2H]c1c([2H])c([2H])c(-c2ccc3c(c2)sc2c(-c4nc(-c5ccccc5)nc(-c5ccc6oc7ccccc7c6c5)n4)cc(-n4c5ccccc5c5ccccc54)cc23)c([2H])c1[2H]. The average Bonchev–Trinajstić information content (AvgIpc) is 3.99. The summed E-state index contributed by atoms with van der Waals surface area (Å²) in [6.07, 6.45) is 0. The molecule has 0 N–H and O–H groups in total. The molecule has 0 saturated carbocycles. The molecular weight excluding hydrogens is 717 g/mol. The van der Waals surface area contributed by atoms with Crippen LogP contribution < -0.4 is 0 Å². The summed E-state index contributed by atoms with van der Waals surface area (Å²) in [6, 6.07) is 49.3. The van der Waals surface area contributed by atoms with E-state index in [1.165, 1.54) is 0 Å². The number of furan rings is 1. The molecule has 266 valence electrons. The summed E-state index contributed by atoms with van der Waals surface area (Å²) < 4.78 is 52.7. The highest BCUT2D eigenvalue weighted by molar-refractivity contribution is 7.26. The number of hydrogen-bond donors (Lipinski definition) is 0. The van der Waals surface area contributed by atoms with Gasteiger partial charge in [0.05, 0.1) is 17.9 Å². The molecule has 0 spiro atoms. The minimum atomic E-state index is -0.418. The van der Waals surface area contributed by atoms with Crippen molar-refractivity contribution < 1.29 is 11.3 Å². The van der Waals surface area contributed by atoms with Crippen molar-refractivity contribution in [2.75, 3.05) is 0 Å². The van der Waals surface area contributed by atoms with Crippen LogP contribution >= 0.6 is 11.3 Å². The number of nitrogens with zero attached hydrogens (tertiary/aromatic N) is 4. The van der Waals surface area contributed by atoms with Crippen molar-refractivity contribution in [1.29, 1.82) is 0 Å². The van der Waals surface area contributed by atoms with Crippen LogP contribution in [-0.2, 0) is 0 Å². The molecule has 0 saturated heterocycles. The van der Waals surface area contributed by atoms with Crippen molar-refractivity contribution in [2.45, 2.75) is 0 Å². The molecule has 12 aromatic rings. The first-order chi connectivity index (χ1) is 30.3. The molecule has 8 aromatic carbocycles. The molecule has 0 unspecified atom stereocenters. The molecule has 4 heterocycles. The Balaban J connectivity index is 1.16. The highest BCUT2D eigenvalue weighted by atomic mass is 32.1. The van der Waals surface area contributed by atoms with Gasteiger partial charge in [-0.15, -0.1) is 11.3 Å². The zero-order chi connectivity index (χ0) is 41.8. The van der Waals surface area contributed by atoms with Crippen LogP contribution in [0.25, 0.3) is 115 Å². The second-order valence-electron chi connectivity index (χ2n) is 14.0. The van der Waals surface area contributed by atoms with E-state index >= 15 is 0 Å². The van der Waals surface area contributed by atoms with Crippen molar-refractivity contribution in [2.24, 2.45) is 0 Å². The van der Waals surface area contributed by atoms with Gasteiger partial charge in [0.15, 0.2) is 17.5 Å². The Morgan fingerprint density at radius 3 is 1.89 bits per heavy atom. The highest BCUT2D eigenvalue weighted by Gasteiger charge is 2.21. The Kier molecular flexibility index (Phi) is 6.00. The van der Waals surface area contributed by atoms with E-state index < -0.39 is 6.04 Å². The van der Waals surface area contributed by atoms with Crippen LogP contribution in [0, 0.1) is 0 Å². The third kappa shape index (κ3) is 5.12. The standard InChI is InChI=1S/C51H30N4OS/c1-3-13-31(14-4-1)33-23-25-39-41-29-35(55-43-20-10-7-17-36(43)37-18-8-11-21-44(37)55)30-42(48(41)57-47(39)28-33)51-53-49(32-15-5-2-6-16-32)52-50(54-51)34-24-26-46-40(27-34)38-19-9-12-22-45(38)56-46/h1-30H/i1D,3D,4D,13D,14D. The molecule has 12 rings (SSSR count). The highest BCUT2D eigenvalue weighted by Crippen LogP contribution is 2.44. The molecule has 57 heavy (non-hydrogen) atoms. The molecule has 0 atom stereocenters. The fourth-order valence-electron chi connectivity index (χ4n) is 8.12. The van der Waals surface area contributed by atoms with Crippen LogP contribution in [0.5, 0.6) is 0 Å². The Morgan fingerprint density at radius 1 is 0.456 bits per heavy atom. The topological polar surface area (TPSA) is 56.7 Å². The fourth-order valence-corrected chi connectivity index (χ4v) is 9.35. The third-order valence-corrected chi connectivity index (χ3v) is 11.9. The van der Waals surface area contributed by atoms with E-state index in [1.54, 1.807) is 11.3 Å². The van der Waals surface area contributed by atoms with Gasteiger partial charge in [-0.05, 0) is 65.7 Å². The van der Waals surface area contributed by atoms with E-state index in [0.717, 1.165) is 86.3 Å². The van der Waals surface area contributed by atoms with Gasteiger partial charge in [-0.2, -0.15) is 0 Å². The van der Waals surface area contributed by atoms with Gasteiger partial charge in [0.2, 0.25) is 0 Å². The first-order valence-corrected chi connectivity index (χ1v) is 19.4. The number of fused-ring (bicyclic) bond motifs is 9. The number of rotatable bonds is 5. The van der Waals surface area contributed by atoms with Crippen molar-refractivity contribution >= 4 is 75.3 Å². The monoisotopic (exact) mass is 751 g/mol. The lowest BCUT2D eigenvalue weighted by atomic mass is 10.0. The maximum Gasteiger partial charge on any atom is 0.165 e. The molecular formula is C51H30N4OS. The van der Waals surface area contributed by atoms with E-state index in [2.05, 4.69) is 77.4 Å². The van der Waals surface area contributed by atoms with Crippen LogP contribution in [-0.4, -0.2) is 19.5 Å². The minimum Gasteiger partial charge on any atom is -0.456 e. The summed E-state index contributed by atoms with van der Waals surface area (Å²) in [6.45, 7) is 0. The zero-order valence-corrected chi connectivity index (χ0v) is 30.9. The predicted octanol–water partition coefficient (Wildman–Crippen LogP) is 13.9. The second-order valence-corrected chi connectivity index (χ2v) is 15.1. The second kappa shape index (κ2) is 12.6. The van der Waals surface area contributed by atoms with Crippen LogP contribution in [0.1, 0.15) is 6.85 Å². The van der Waals surface area contributed by atoms with Gasteiger partial charge in [-0.1, -0.05) is 127 Å². The maximum atomic E-state index is 8.73. The largest absolute Gasteiger partial charge is 0.456 e. The Hall–Kier alpha value is -7.41. The zero-order valence-electron chi connectivity index (χ0n) is 35.0. The molecule has 6 heteroatoms. The molecule has 0 aliphatic heterocycles. The number of aromatic nitrogens is 4. The summed E-state index contributed by atoms with van der Waals surface area (Å²) in [7, 11) is 0. The third-order valence-electron chi connectivity index (χ3n) is 10.7. The van der Waals surface area contributed by atoms with Crippen molar-refractivity contribution in [3.63, 3.8) is 0 Å². The van der Waals surface area contributed by atoms with E-state index in [9.17, 15) is 0 Å². The molecule has 0 amide bonds. The van der Waals surface area contributed by atoms with Crippen LogP contribution in [0.4, 0.5) is 0 Å². The van der Waals surface area contributed by atoms with Crippen molar-refractivity contribution in [1.82, 2.24) is 19.5 Å². The van der Waals surface area contributed by atoms with Crippen molar-refractivity contribution in [3.05, 3.63) is 182 Å².